The molecule has 1 heterocycles. The Morgan fingerprint density at radius 3 is 2.00 bits per heavy atom. The minimum absolute atomic E-state index is 0.0702. The average Bonchev–Trinajstić information content (AvgIpc) is 3.17. The lowest BCUT2D eigenvalue weighted by atomic mass is 9.95. The summed E-state index contributed by atoms with van der Waals surface area (Å²) in [6, 6.07) is 29.5. The number of Topliss-reactive ketones (excluding diaryl/α,β-unsaturated/α-hetero) is 1. The zero-order chi connectivity index (χ0) is 21.6. The lowest BCUT2D eigenvalue weighted by Crippen LogP contribution is -2.44. The number of amides is 1. The molecule has 0 spiro atoms. The predicted octanol–water partition coefficient (Wildman–Crippen LogP) is 5.34. The quantitative estimate of drug-likeness (QED) is 0.528. The molecule has 1 amide bonds. The summed E-state index contributed by atoms with van der Waals surface area (Å²) in [5, 5.41) is 3.82. The van der Waals surface area contributed by atoms with Crippen LogP contribution in [0, 0.1) is 0 Å². The highest BCUT2D eigenvalue weighted by molar-refractivity contribution is 5.96. The average molecular weight is 411 g/mol. The largest absolute Gasteiger partial charge is 0.300 e. The summed E-state index contributed by atoms with van der Waals surface area (Å²) >= 11 is 0. The Bertz CT molecular complexity index is 1060. The first kappa shape index (κ1) is 20.8. The van der Waals surface area contributed by atoms with E-state index in [2.05, 4.69) is 29.3 Å². The van der Waals surface area contributed by atoms with Gasteiger partial charge in [0.2, 0.25) is 0 Å². The van der Waals surface area contributed by atoms with Gasteiger partial charge in [-0.05, 0) is 42.2 Å². The Morgan fingerprint density at radius 2 is 1.39 bits per heavy atom. The summed E-state index contributed by atoms with van der Waals surface area (Å²) in [5.41, 5.74) is 3.87. The molecule has 0 bridgehead atoms. The lowest BCUT2D eigenvalue weighted by Gasteiger charge is -2.33. The van der Waals surface area contributed by atoms with E-state index in [4.69, 9.17) is 0 Å². The summed E-state index contributed by atoms with van der Waals surface area (Å²) in [7, 11) is 0. The van der Waals surface area contributed by atoms with Crippen molar-refractivity contribution in [1.29, 1.82) is 0 Å². The molecule has 0 saturated carbocycles. The van der Waals surface area contributed by atoms with Crippen LogP contribution in [0.25, 0.3) is 5.57 Å². The highest BCUT2D eigenvalue weighted by Gasteiger charge is 2.37. The van der Waals surface area contributed by atoms with E-state index in [1.807, 2.05) is 72.9 Å². The molecule has 0 aromatic heterocycles. The van der Waals surface area contributed by atoms with E-state index in [0.29, 0.717) is 24.9 Å². The van der Waals surface area contributed by atoms with Crippen molar-refractivity contribution in [3.8, 4) is 0 Å². The van der Waals surface area contributed by atoms with Crippen molar-refractivity contribution in [3.05, 3.63) is 114 Å². The molecule has 0 unspecified atom stereocenters. The summed E-state index contributed by atoms with van der Waals surface area (Å²) in [5.74, 6) is 0.0789. The first-order valence-corrected chi connectivity index (χ1v) is 10.6. The molecule has 1 aliphatic heterocycles. The molecule has 3 aromatic carbocycles. The molecule has 0 saturated heterocycles. The fraction of sp³-hybridized carbons (Fsp3) is 0.185. The summed E-state index contributed by atoms with van der Waals surface area (Å²) < 4.78 is 0. The number of hydrogen-bond donors (Lipinski definition) is 0. The van der Waals surface area contributed by atoms with Gasteiger partial charge in [0.25, 0.3) is 5.91 Å². The second-order valence-corrected chi connectivity index (χ2v) is 7.81. The van der Waals surface area contributed by atoms with Crippen LogP contribution in [0.4, 0.5) is 0 Å². The molecular weight excluding hydrogens is 384 g/mol. The molecule has 0 radical (unpaired) electrons. The first-order valence-electron chi connectivity index (χ1n) is 10.6. The van der Waals surface area contributed by atoms with Gasteiger partial charge in [-0.25, -0.2) is 10.0 Å². The van der Waals surface area contributed by atoms with E-state index >= 15 is 0 Å². The number of ketones is 1. The molecule has 3 aromatic rings. The van der Waals surface area contributed by atoms with Gasteiger partial charge in [0, 0.05) is 24.7 Å². The molecule has 31 heavy (non-hydrogen) atoms. The van der Waals surface area contributed by atoms with Gasteiger partial charge in [0.05, 0.1) is 6.04 Å². The summed E-state index contributed by atoms with van der Waals surface area (Å²) in [4.78, 5) is 25.3. The number of rotatable bonds is 7. The highest BCUT2D eigenvalue weighted by atomic mass is 16.2. The molecule has 0 fully saturated rings. The standard InChI is InChI=1S/C27H26N2O2/c1-21(30)17-18-26-25(23-13-7-3-8-14-23)20-29(27(31)24-15-9-4-10-16-24)28(26)19-22-11-5-2-6-12-22/h2-16,20,26H,17-19H2,1H3/t26-/m1/s1. The van der Waals surface area contributed by atoms with Crippen LogP contribution in [0.15, 0.2) is 97.2 Å². The maximum Gasteiger partial charge on any atom is 0.272 e. The van der Waals surface area contributed by atoms with Crippen molar-refractivity contribution in [2.45, 2.75) is 32.4 Å². The second kappa shape index (κ2) is 9.54. The molecule has 4 nitrogen and oxygen atoms in total. The Kier molecular flexibility index (Phi) is 6.39. The summed E-state index contributed by atoms with van der Waals surface area (Å²) in [6.07, 6.45) is 3.06. The predicted molar refractivity (Wildman–Crippen MR) is 123 cm³/mol. The fourth-order valence-corrected chi connectivity index (χ4v) is 3.99. The smallest absolute Gasteiger partial charge is 0.272 e. The number of nitrogens with zero attached hydrogens (tertiary/aromatic N) is 2. The van der Waals surface area contributed by atoms with Crippen molar-refractivity contribution >= 4 is 17.3 Å². The van der Waals surface area contributed by atoms with Crippen molar-refractivity contribution < 1.29 is 9.59 Å². The normalized spacial score (nSPS) is 16.2. The fourth-order valence-electron chi connectivity index (χ4n) is 3.99. The molecule has 0 aliphatic carbocycles. The Hall–Kier alpha value is -3.50. The van der Waals surface area contributed by atoms with Crippen LogP contribution in [0.2, 0.25) is 0 Å². The molecule has 4 rings (SSSR count). The van der Waals surface area contributed by atoms with Crippen LogP contribution < -0.4 is 0 Å². The van der Waals surface area contributed by atoms with E-state index in [-0.39, 0.29) is 17.7 Å². The molecule has 4 heteroatoms. The van der Waals surface area contributed by atoms with Gasteiger partial charge in [-0.3, -0.25) is 4.79 Å². The minimum Gasteiger partial charge on any atom is -0.300 e. The van der Waals surface area contributed by atoms with Crippen molar-refractivity contribution in [3.63, 3.8) is 0 Å². The third-order valence-electron chi connectivity index (χ3n) is 5.55. The number of carbonyl (C=O) groups excluding carboxylic acids is 2. The zero-order valence-corrected chi connectivity index (χ0v) is 17.6. The number of hydrogen-bond acceptors (Lipinski definition) is 3. The zero-order valence-electron chi connectivity index (χ0n) is 17.6. The van der Waals surface area contributed by atoms with Gasteiger partial charge in [0.1, 0.15) is 5.78 Å². The maximum atomic E-state index is 13.5. The highest BCUT2D eigenvalue weighted by Crippen LogP contribution is 2.35. The maximum absolute atomic E-state index is 13.5. The third-order valence-corrected chi connectivity index (χ3v) is 5.55. The van der Waals surface area contributed by atoms with Gasteiger partial charge >= 0.3 is 0 Å². The van der Waals surface area contributed by atoms with Crippen molar-refractivity contribution in [2.24, 2.45) is 0 Å². The van der Waals surface area contributed by atoms with Crippen LogP contribution in [-0.2, 0) is 11.3 Å². The van der Waals surface area contributed by atoms with Crippen molar-refractivity contribution in [2.75, 3.05) is 0 Å². The molecule has 0 N–H and O–H groups in total. The molecular formula is C27H26N2O2. The third kappa shape index (κ3) is 4.81. The minimum atomic E-state index is -0.0738. The van der Waals surface area contributed by atoms with Crippen molar-refractivity contribution in [1.82, 2.24) is 10.0 Å². The first-order chi connectivity index (χ1) is 15.1. The van der Waals surface area contributed by atoms with Crippen LogP contribution in [0.3, 0.4) is 0 Å². The van der Waals surface area contributed by atoms with E-state index < -0.39 is 0 Å². The van der Waals surface area contributed by atoms with Crippen LogP contribution in [0.5, 0.6) is 0 Å². The van der Waals surface area contributed by atoms with E-state index in [1.165, 1.54) is 0 Å². The topological polar surface area (TPSA) is 40.6 Å². The molecule has 1 aliphatic rings. The van der Waals surface area contributed by atoms with E-state index in [0.717, 1.165) is 16.7 Å². The number of benzene rings is 3. The van der Waals surface area contributed by atoms with Gasteiger partial charge in [-0.2, -0.15) is 0 Å². The second-order valence-electron chi connectivity index (χ2n) is 7.81. The number of carbonyl (C=O) groups is 2. The Labute approximate surface area is 183 Å². The number of hydrazine groups is 1. The van der Waals surface area contributed by atoms with Gasteiger partial charge in [-0.1, -0.05) is 78.9 Å². The van der Waals surface area contributed by atoms with E-state index in [9.17, 15) is 9.59 Å². The van der Waals surface area contributed by atoms with Crippen LogP contribution in [-0.4, -0.2) is 27.8 Å². The monoisotopic (exact) mass is 410 g/mol. The molecule has 156 valence electrons. The van der Waals surface area contributed by atoms with Gasteiger partial charge in [0.15, 0.2) is 0 Å². The van der Waals surface area contributed by atoms with Crippen LogP contribution >= 0.6 is 0 Å². The van der Waals surface area contributed by atoms with Crippen LogP contribution in [0.1, 0.15) is 41.3 Å². The van der Waals surface area contributed by atoms with Gasteiger partial charge in [-0.15, -0.1) is 0 Å². The van der Waals surface area contributed by atoms with E-state index in [1.54, 1.807) is 11.9 Å². The SMILES string of the molecule is CC(=O)CC[C@@H]1C(c2ccccc2)=CN(C(=O)c2ccccc2)N1Cc1ccccc1. The Balaban J connectivity index is 1.75. The lowest BCUT2D eigenvalue weighted by molar-refractivity contribution is -0.117. The summed E-state index contributed by atoms with van der Waals surface area (Å²) in [6.45, 7) is 2.20. The Morgan fingerprint density at radius 1 is 0.806 bits per heavy atom. The van der Waals surface area contributed by atoms with Gasteiger partial charge < -0.3 is 4.79 Å². The molecule has 1 atom stereocenters.